The van der Waals surface area contributed by atoms with Gasteiger partial charge in [0.25, 0.3) is 0 Å². The fourth-order valence-electron chi connectivity index (χ4n) is 2.77. The minimum atomic E-state index is -0.726. The molecule has 0 radical (unpaired) electrons. The fraction of sp³-hybridized carbons (Fsp3) is 0.526. The Balaban J connectivity index is 2.29. The molecule has 0 N–H and O–H groups in total. The van der Waals surface area contributed by atoms with Crippen LogP contribution in [0.3, 0.4) is 0 Å². The van der Waals surface area contributed by atoms with Crippen molar-refractivity contribution < 1.29 is 33.3 Å². The Labute approximate surface area is 181 Å². The van der Waals surface area contributed by atoms with Gasteiger partial charge in [-0.2, -0.15) is 0 Å². The Kier molecular flexibility index (Phi) is 8.56. The molecule has 1 aromatic carbocycles. The number of carbonyl (C=O) groups is 3. The van der Waals surface area contributed by atoms with E-state index in [2.05, 4.69) is 22.6 Å². The van der Waals surface area contributed by atoms with Gasteiger partial charge in [-0.25, -0.2) is 0 Å². The van der Waals surface area contributed by atoms with Gasteiger partial charge in [0.15, 0.2) is 6.10 Å². The van der Waals surface area contributed by atoms with Crippen LogP contribution in [0.1, 0.15) is 26.3 Å². The van der Waals surface area contributed by atoms with Crippen molar-refractivity contribution in [2.45, 2.75) is 60.3 Å². The van der Waals surface area contributed by atoms with Crippen molar-refractivity contribution in [2.24, 2.45) is 0 Å². The topological polar surface area (TPSA) is 88.1 Å². The van der Waals surface area contributed by atoms with Crippen LogP contribution in [0.15, 0.2) is 29.2 Å². The molecule has 9 heteroatoms. The largest absolute Gasteiger partial charge is 0.463 e. The van der Waals surface area contributed by atoms with E-state index in [-0.39, 0.29) is 10.5 Å². The highest BCUT2D eigenvalue weighted by Crippen LogP contribution is 2.39. The van der Waals surface area contributed by atoms with Gasteiger partial charge in [0.05, 0.1) is 3.92 Å². The molecule has 0 aromatic heterocycles. The Morgan fingerprint density at radius 2 is 1.71 bits per heavy atom. The van der Waals surface area contributed by atoms with Crippen LogP contribution in [0.4, 0.5) is 0 Å². The van der Waals surface area contributed by atoms with Gasteiger partial charge >= 0.3 is 17.9 Å². The first-order valence-electron chi connectivity index (χ1n) is 8.68. The molecule has 154 valence electrons. The maximum absolute atomic E-state index is 11.7. The molecule has 2 rings (SSSR count). The van der Waals surface area contributed by atoms with Crippen LogP contribution in [0, 0.1) is 6.92 Å². The summed E-state index contributed by atoms with van der Waals surface area (Å²) in [5.41, 5.74) is 0.532. The average molecular weight is 522 g/mol. The smallest absolute Gasteiger partial charge is 0.303 e. The first-order chi connectivity index (χ1) is 13.2. The summed E-state index contributed by atoms with van der Waals surface area (Å²) in [6.07, 6.45) is -2.05. The number of thioether (sulfide) groups is 1. The predicted molar refractivity (Wildman–Crippen MR) is 111 cm³/mol. The molecule has 1 aliphatic rings. The molecular weight excluding hydrogens is 499 g/mol. The van der Waals surface area contributed by atoms with Gasteiger partial charge < -0.3 is 18.9 Å². The molecule has 1 heterocycles. The van der Waals surface area contributed by atoms with E-state index in [0.29, 0.717) is 0 Å². The second kappa shape index (κ2) is 10.4. The Hall–Kier alpha value is -1.33. The van der Waals surface area contributed by atoms with Crippen LogP contribution in [0.2, 0.25) is 0 Å². The molecule has 7 nitrogen and oxygen atoms in total. The number of aryl methyl sites for hydroxylation is 1. The number of ether oxygens (including phenoxy) is 4. The minimum Gasteiger partial charge on any atom is -0.463 e. The predicted octanol–water partition coefficient (Wildman–Crippen LogP) is 3.04. The fourth-order valence-corrected chi connectivity index (χ4v) is 5.42. The van der Waals surface area contributed by atoms with Gasteiger partial charge in [-0.05, 0) is 19.1 Å². The van der Waals surface area contributed by atoms with E-state index >= 15 is 0 Å². The molecule has 28 heavy (non-hydrogen) atoms. The summed E-state index contributed by atoms with van der Waals surface area (Å²) in [5.74, 6) is -1.40. The number of hydrogen-bond acceptors (Lipinski definition) is 8. The molecule has 0 bridgehead atoms. The van der Waals surface area contributed by atoms with Crippen LogP contribution >= 0.6 is 34.4 Å². The van der Waals surface area contributed by atoms with Gasteiger partial charge in [0.2, 0.25) is 0 Å². The molecule has 0 aliphatic carbocycles. The third-order valence-electron chi connectivity index (χ3n) is 3.87. The van der Waals surface area contributed by atoms with Gasteiger partial charge in [0, 0.05) is 25.7 Å². The number of esters is 3. The summed E-state index contributed by atoms with van der Waals surface area (Å²) in [6.45, 7) is 5.83. The summed E-state index contributed by atoms with van der Waals surface area (Å²) in [4.78, 5) is 35.4. The van der Waals surface area contributed by atoms with Crippen molar-refractivity contribution in [3.63, 3.8) is 0 Å². The summed E-state index contributed by atoms with van der Waals surface area (Å²) in [6, 6.07) is 7.85. The van der Waals surface area contributed by atoms with E-state index in [9.17, 15) is 14.4 Å². The maximum atomic E-state index is 11.7. The molecule has 0 spiro atoms. The second-order valence-corrected chi connectivity index (χ2v) is 8.98. The van der Waals surface area contributed by atoms with Gasteiger partial charge in [-0.15, -0.1) is 0 Å². The Bertz CT molecular complexity index is 724. The molecule has 0 amide bonds. The molecule has 1 fully saturated rings. The SMILES string of the molecule is CC(=O)OCC1O[C@H](Sc2cccc(C)c2)C(OC(C)=O)C(I)[C@H]1OC(C)=O. The van der Waals surface area contributed by atoms with Gasteiger partial charge in [-0.3, -0.25) is 14.4 Å². The highest BCUT2D eigenvalue weighted by Gasteiger charge is 2.49. The van der Waals surface area contributed by atoms with Crippen LogP contribution in [-0.4, -0.2) is 52.2 Å². The first-order valence-corrected chi connectivity index (χ1v) is 10.8. The normalized spacial score (nSPS) is 27.0. The summed E-state index contributed by atoms with van der Waals surface area (Å²) >= 11 is 3.50. The molecule has 1 saturated heterocycles. The number of alkyl halides is 1. The quantitative estimate of drug-likeness (QED) is 0.244. The zero-order valence-electron chi connectivity index (χ0n) is 16.0. The standard InChI is InChI=1S/C19H23IO7S/c1-10-6-5-7-14(8-10)28-19-18(26-13(4)23)16(20)17(25-12(3)22)15(27-19)9-24-11(2)21/h5-8,15-19H,9H2,1-4H3/t15?,16?,17-,18?,19+/m0/s1. The van der Waals surface area contributed by atoms with E-state index < -0.39 is 41.7 Å². The lowest BCUT2D eigenvalue weighted by Crippen LogP contribution is -2.58. The minimum absolute atomic E-state index is 0.0650. The van der Waals surface area contributed by atoms with Crippen LogP contribution in [0.25, 0.3) is 0 Å². The van der Waals surface area contributed by atoms with Crippen molar-refractivity contribution in [1.82, 2.24) is 0 Å². The van der Waals surface area contributed by atoms with Crippen LogP contribution < -0.4 is 0 Å². The third-order valence-corrected chi connectivity index (χ3v) is 6.42. The molecule has 1 aliphatic heterocycles. The highest BCUT2D eigenvalue weighted by atomic mass is 127. The van der Waals surface area contributed by atoms with Crippen LogP contribution in [0.5, 0.6) is 0 Å². The summed E-state index contributed by atoms with van der Waals surface area (Å²) < 4.78 is 21.7. The highest BCUT2D eigenvalue weighted by molar-refractivity contribution is 14.1. The Morgan fingerprint density at radius 3 is 2.29 bits per heavy atom. The van der Waals surface area contributed by atoms with E-state index in [1.807, 2.05) is 31.2 Å². The first kappa shape index (κ1) is 23.0. The van der Waals surface area contributed by atoms with Crippen molar-refractivity contribution in [3.05, 3.63) is 29.8 Å². The molecule has 3 unspecified atom stereocenters. The van der Waals surface area contributed by atoms with Crippen LogP contribution in [-0.2, 0) is 33.3 Å². The third kappa shape index (κ3) is 6.63. The monoisotopic (exact) mass is 522 g/mol. The van der Waals surface area contributed by atoms with E-state index in [4.69, 9.17) is 18.9 Å². The summed E-state index contributed by atoms with van der Waals surface area (Å²) in [5, 5.41) is 0. The van der Waals surface area contributed by atoms with E-state index in [0.717, 1.165) is 10.5 Å². The molecular formula is C19H23IO7S. The molecule has 5 atom stereocenters. The van der Waals surface area contributed by atoms with Gasteiger partial charge in [-0.1, -0.05) is 52.0 Å². The number of halogens is 1. The zero-order chi connectivity index (χ0) is 20.8. The number of rotatable bonds is 6. The maximum Gasteiger partial charge on any atom is 0.303 e. The van der Waals surface area contributed by atoms with Crippen molar-refractivity contribution in [2.75, 3.05) is 6.61 Å². The summed E-state index contributed by atoms with van der Waals surface area (Å²) in [7, 11) is 0. The number of carbonyl (C=O) groups excluding carboxylic acids is 3. The molecule has 0 saturated carbocycles. The number of hydrogen-bond donors (Lipinski definition) is 0. The van der Waals surface area contributed by atoms with Gasteiger partial charge in [0.1, 0.15) is 24.3 Å². The lowest BCUT2D eigenvalue weighted by molar-refractivity contribution is -0.191. The van der Waals surface area contributed by atoms with E-state index in [1.165, 1.54) is 32.5 Å². The average Bonchev–Trinajstić information content (AvgIpc) is 2.58. The lowest BCUT2D eigenvalue weighted by atomic mass is 10.0. The lowest BCUT2D eigenvalue weighted by Gasteiger charge is -2.43. The van der Waals surface area contributed by atoms with E-state index in [1.54, 1.807) is 0 Å². The number of benzene rings is 1. The molecule has 1 aromatic rings. The van der Waals surface area contributed by atoms with Crippen molar-refractivity contribution >= 4 is 52.3 Å². The van der Waals surface area contributed by atoms with Crippen molar-refractivity contribution in [3.8, 4) is 0 Å². The van der Waals surface area contributed by atoms with Crippen molar-refractivity contribution in [1.29, 1.82) is 0 Å². The Morgan fingerprint density at radius 1 is 1.07 bits per heavy atom. The zero-order valence-corrected chi connectivity index (χ0v) is 19.0. The second-order valence-electron chi connectivity index (χ2n) is 6.37.